The zero-order valence-electron chi connectivity index (χ0n) is 12.4. The van der Waals surface area contributed by atoms with Crippen molar-refractivity contribution in [3.63, 3.8) is 0 Å². The smallest absolute Gasteiger partial charge is 0.191 e. The molecule has 1 aromatic heterocycles. The van der Waals surface area contributed by atoms with Crippen molar-refractivity contribution >= 4 is 29.9 Å². The van der Waals surface area contributed by atoms with Gasteiger partial charge in [0.15, 0.2) is 5.96 Å². The van der Waals surface area contributed by atoms with E-state index in [2.05, 4.69) is 34.8 Å². The second kappa shape index (κ2) is 8.44. The van der Waals surface area contributed by atoms with E-state index in [9.17, 15) is 0 Å². The van der Waals surface area contributed by atoms with Crippen LogP contribution < -0.4 is 5.73 Å². The normalized spacial score (nSPS) is 16.9. The Labute approximate surface area is 138 Å². The number of hydrogen-bond donors (Lipinski definition) is 1. The lowest BCUT2D eigenvalue weighted by Crippen LogP contribution is -2.42. The van der Waals surface area contributed by atoms with Crippen LogP contribution in [0.4, 0.5) is 0 Å². The van der Waals surface area contributed by atoms with Crippen molar-refractivity contribution in [2.24, 2.45) is 16.6 Å². The predicted molar refractivity (Wildman–Crippen MR) is 94.6 cm³/mol. The molecule has 0 aromatic carbocycles. The Bertz CT molecular complexity index is 439. The summed E-state index contributed by atoms with van der Waals surface area (Å²) < 4.78 is 0. The molecule has 2 N–H and O–H groups in total. The number of likely N-dealkylation sites (tertiary alicyclic amines) is 1. The van der Waals surface area contributed by atoms with Gasteiger partial charge in [0.1, 0.15) is 0 Å². The molecular formula is C15H25IN4. The molecule has 112 valence electrons. The standard InChI is InChI=1S/C15H24N4.HI/c1-12-5-9-19(10-6-12)15(16)18-8-4-14-3-7-17-11-13(14)2;/h3,7,11-12H,4-6,8-10H2,1-2H3,(H2,16,18);1H. The number of nitrogens with zero attached hydrogens (tertiary/aromatic N) is 3. The Hall–Kier alpha value is -0.850. The third-order valence-corrected chi connectivity index (χ3v) is 3.90. The fourth-order valence-electron chi connectivity index (χ4n) is 2.41. The molecule has 0 spiro atoms. The molecule has 4 nitrogen and oxygen atoms in total. The molecule has 2 rings (SSSR count). The number of aliphatic imine (C=N–C) groups is 1. The first-order valence-corrected chi connectivity index (χ1v) is 7.11. The summed E-state index contributed by atoms with van der Waals surface area (Å²) in [4.78, 5) is 10.8. The summed E-state index contributed by atoms with van der Waals surface area (Å²) in [5.41, 5.74) is 8.59. The zero-order chi connectivity index (χ0) is 13.7. The first-order valence-electron chi connectivity index (χ1n) is 7.11. The molecule has 5 heteroatoms. The molecular weight excluding hydrogens is 363 g/mol. The van der Waals surface area contributed by atoms with Crippen LogP contribution in [0.15, 0.2) is 23.5 Å². The highest BCUT2D eigenvalue weighted by Crippen LogP contribution is 2.15. The van der Waals surface area contributed by atoms with Gasteiger partial charge in [0, 0.05) is 32.0 Å². The predicted octanol–water partition coefficient (Wildman–Crippen LogP) is 2.60. The van der Waals surface area contributed by atoms with Gasteiger partial charge in [0.05, 0.1) is 0 Å². The van der Waals surface area contributed by atoms with Crippen molar-refractivity contribution in [1.82, 2.24) is 9.88 Å². The summed E-state index contributed by atoms with van der Waals surface area (Å²) in [5, 5.41) is 0. The minimum absolute atomic E-state index is 0. The van der Waals surface area contributed by atoms with Crippen LogP contribution in [0, 0.1) is 12.8 Å². The number of nitrogens with two attached hydrogens (primary N) is 1. The Kier molecular flexibility index (Phi) is 7.26. The molecule has 0 atom stereocenters. The van der Waals surface area contributed by atoms with Gasteiger partial charge in [0.25, 0.3) is 0 Å². The van der Waals surface area contributed by atoms with Crippen LogP contribution in [-0.4, -0.2) is 35.5 Å². The van der Waals surface area contributed by atoms with Crippen LogP contribution in [0.1, 0.15) is 30.9 Å². The Morgan fingerprint density at radius 2 is 2.15 bits per heavy atom. The molecule has 0 radical (unpaired) electrons. The highest BCUT2D eigenvalue weighted by Gasteiger charge is 2.16. The maximum absolute atomic E-state index is 6.06. The van der Waals surface area contributed by atoms with E-state index >= 15 is 0 Å². The number of rotatable bonds is 3. The van der Waals surface area contributed by atoms with E-state index in [0.29, 0.717) is 5.96 Å². The van der Waals surface area contributed by atoms with Crippen LogP contribution in [0.3, 0.4) is 0 Å². The Morgan fingerprint density at radius 3 is 2.80 bits per heavy atom. The molecule has 2 heterocycles. The summed E-state index contributed by atoms with van der Waals surface area (Å²) in [6, 6.07) is 2.06. The monoisotopic (exact) mass is 388 g/mol. The van der Waals surface area contributed by atoms with Crippen molar-refractivity contribution in [1.29, 1.82) is 0 Å². The third-order valence-electron chi connectivity index (χ3n) is 3.90. The number of halogens is 1. The van der Waals surface area contributed by atoms with Crippen molar-refractivity contribution in [3.8, 4) is 0 Å². The number of hydrogen-bond acceptors (Lipinski definition) is 2. The second-order valence-electron chi connectivity index (χ2n) is 5.46. The van der Waals surface area contributed by atoms with E-state index in [4.69, 9.17) is 5.73 Å². The molecule has 0 amide bonds. The van der Waals surface area contributed by atoms with Gasteiger partial charge in [-0.2, -0.15) is 0 Å². The van der Waals surface area contributed by atoms with E-state index in [1.807, 2.05) is 12.4 Å². The first-order chi connectivity index (χ1) is 9.16. The lowest BCUT2D eigenvalue weighted by atomic mass is 10.00. The molecule has 0 saturated carbocycles. The van der Waals surface area contributed by atoms with Crippen LogP contribution in [-0.2, 0) is 6.42 Å². The summed E-state index contributed by atoms with van der Waals surface area (Å²) in [6.07, 6.45) is 7.11. The van der Waals surface area contributed by atoms with Gasteiger partial charge in [-0.15, -0.1) is 24.0 Å². The summed E-state index contributed by atoms with van der Waals surface area (Å²) in [7, 11) is 0. The molecule has 1 saturated heterocycles. The lowest BCUT2D eigenvalue weighted by molar-refractivity contribution is 0.277. The fraction of sp³-hybridized carbons (Fsp3) is 0.600. The van der Waals surface area contributed by atoms with Crippen LogP contribution in [0.25, 0.3) is 0 Å². The van der Waals surface area contributed by atoms with E-state index in [1.165, 1.54) is 24.0 Å². The van der Waals surface area contributed by atoms with Gasteiger partial charge in [-0.3, -0.25) is 9.98 Å². The van der Waals surface area contributed by atoms with Crippen molar-refractivity contribution in [2.75, 3.05) is 19.6 Å². The Morgan fingerprint density at radius 1 is 1.45 bits per heavy atom. The average molecular weight is 388 g/mol. The molecule has 0 aliphatic carbocycles. The molecule has 1 aliphatic heterocycles. The molecule has 0 unspecified atom stereocenters. The first kappa shape index (κ1) is 17.2. The highest BCUT2D eigenvalue weighted by atomic mass is 127. The van der Waals surface area contributed by atoms with Crippen LogP contribution in [0.5, 0.6) is 0 Å². The molecule has 1 aromatic rings. The Balaban J connectivity index is 0.00000200. The van der Waals surface area contributed by atoms with E-state index < -0.39 is 0 Å². The van der Waals surface area contributed by atoms with Gasteiger partial charge >= 0.3 is 0 Å². The van der Waals surface area contributed by atoms with Gasteiger partial charge in [-0.05, 0) is 49.3 Å². The maximum atomic E-state index is 6.06. The van der Waals surface area contributed by atoms with Gasteiger partial charge < -0.3 is 10.6 Å². The van der Waals surface area contributed by atoms with E-state index in [1.54, 1.807) is 0 Å². The van der Waals surface area contributed by atoms with Crippen LogP contribution >= 0.6 is 24.0 Å². The number of guanidine groups is 1. The number of piperidine rings is 1. The zero-order valence-corrected chi connectivity index (χ0v) is 14.7. The minimum atomic E-state index is 0. The lowest BCUT2D eigenvalue weighted by Gasteiger charge is -2.31. The largest absolute Gasteiger partial charge is 0.370 e. The summed E-state index contributed by atoms with van der Waals surface area (Å²) in [6.45, 7) is 7.23. The number of aryl methyl sites for hydroxylation is 1. The van der Waals surface area contributed by atoms with Crippen molar-refractivity contribution in [2.45, 2.75) is 33.1 Å². The van der Waals surface area contributed by atoms with Crippen molar-refractivity contribution in [3.05, 3.63) is 29.6 Å². The molecule has 20 heavy (non-hydrogen) atoms. The van der Waals surface area contributed by atoms with Gasteiger partial charge in [0.2, 0.25) is 0 Å². The SMILES string of the molecule is Cc1cnccc1CCN=C(N)N1CCC(C)CC1.I. The molecule has 1 aliphatic rings. The summed E-state index contributed by atoms with van der Waals surface area (Å²) in [5.74, 6) is 1.53. The van der Waals surface area contributed by atoms with Crippen molar-refractivity contribution < 1.29 is 0 Å². The average Bonchev–Trinajstić information content (AvgIpc) is 2.41. The van der Waals surface area contributed by atoms with E-state index in [-0.39, 0.29) is 24.0 Å². The topological polar surface area (TPSA) is 54.5 Å². The number of pyridine rings is 1. The number of aromatic nitrogens is 1. The van der Waals surface area contributed by atoms with E-state index in [0.717, 1.165) is 32.0 Å². The highest BCUT2D eigenvalue weighted by molar-refractivity contribution is 14.0. The molecule has 1 fully saturated rings. The maximum Gasteiger partial charge on any atom is 0.191 e. The minimum Gasteiger partial charge on any atom is -0.370 e. The second-order valence-corrected chi connectivity index (χ2v) is 5.46. The van der Waals surface area contributed by atoms with Crippen LogP contribution in [0.2, 0.25) is 0 Å². The van der Waals surface area contributed by atoms with Gasteiger partial charge in [-0.25, -0.2) is 0 Å². The quantitative estimate of drug-likeness (QED) is 0.492. The third kappa shape index (κ3) is 4.92. The van der Waals surface area contributed by atoms with Gasteiger partial charge in [-0.1, -0.05) is 6.92 Å². The fourth-order valence-corrected chi connectivity index (χ4v) is 2.41. The molecule has 0 bridgehead atoms. The summed E-state index contributed by atoms with van der Waals surface area (Å²) >= 11 is 0.